The Bertz CT molecular complexity index is 567. The van der Waals surface area contributed by atoms with Gasteiger partial charge in [-0.05, 0) is 12.1 Å². The summed E-state index contributed by atoms with van der Waals surface area (Å²) in [7, 11) is 0. The van der Waals surface area contributed by atoms with Gasteiger partial charge in [0, 0.05) is 0 Å². The highest BCUT2D eigenvalue weighted by Crippen LogP contribution is 2.10. The van der Waals surface area contributed by atoms with Gasteiger partial charge in [-0.2, -0.15) is 0 Å². The molecular weight excluding hydrogens is 216 g/mol. The number of rotatable bonds is 4. The Hall–Kier alpha value is -2.14. The average Bonchev–Trinajstić information content (AvgIpc) is 2.96. The molecule has 0 amide bonds. The van der Waals surface area contributed by atoms with Crippen molar-refractivity contribution in [1.29, 1.82) is 0 Å². The summed E-state index contributed by atoms with van der Waals surface area (Å²) in [4.78, 5) is 11.6. The quantitative estimate of drug-likeness (QED) is 0.715. The maximum atomic E-state index is 5.13. The van der Waals surface area contributed by atoms with Crippen molar-refractivity contribution in [1.82, 2.24) is 20.3 Å². The molecule has 2 aromatic heterocycles. The van der Waals surface area contributed by atoms with Crippen molar-refractivity contribution in [2.24, 2.45) is 0 Å². The van der Waals surface area contributed by atoms with Gasteiger partial charge in [0.15, 0.2) is 6.39 Å². The topological polar surface area (TPSA) is 66.7 Å². The van der Waals surface area contributed by atoms with Gasteiger partial charge in [-0.25, -0.2) is 9.97 Å². The average molecular weight is 228 g/mol. The molecule has 0 radical (unpaired) electrons. The third-order valence-corrected chi connectivity index (χ3v) is 2.51. The van der Waals surface area contributed by atoms with Crippen LogP contribution in [0.4, 0.5) is 0 Å². The van der Waals surface area contributed by atoms with Gasteiger partial charge in [-0.3, -0.25) is 0 Å². The SMILES string of the molecule is c1ccc2[nH]c(CNCc3cnco3)nc2c1. The molecule has 86 valence electrons. The highest BCUT2D eigenvalue weighted by Gasteiger charge is 2.02. The molecule has 0 fully saturated rings. The highest BCUT2D eigenvalue weighted by atomic mass is 16.3. The third-order valence-electron chi connectivity index (χ3n) is 2.51. The lowest BCUT2D eigenvalue weighted by Gasteiger charge is -1.98. The predicted molar refractivity (Wildman–Crippen MR) is 63.1 cm³/mol. The minimum Gasteiger partial charge on any atom is -0.447 e. The van der Waals surface area contributed by atoms with E-state index in [0.717, 1.165) is 22.6 Å². The number of fused-ring (bicyclic) bond motifs is 1. The van der Waals surface area contributed by atoms with Crippen molar-refractivity contribution >= 4 is 11.0 Å². The molecule has 0 saturated heterocycles. The second kappa shape index (κ2) is 4.39. The van der Waals surface area contributed by atoms with E-state index in [2.05, 4.69) is 20.3 Å². The van der Waals surface area contributed by atoms with Crippen LogP contribution in [0.25, 0.3) is 11.0 Å². The van der Waals surface area contributed by atoms with Gasteiger partial charge >= 0.3 is 0 Å². The summed E-state index contributed by atoms with van der Waals surface area (Å²) in [6, 6.07) is 7.98. The van der Waals surface area contributed by atoms with E-state index in [0.29, 0.717) is 13.1 Å². The fraction of sp³-hybridized carbons (Fsp3) is 0.167. The smallest absolute Gasteiger partial charge is 0.180 e. The number of H-pyrrole nitrogens is 1. The monoisotopic (exact) mass is 228 g/mol. The molecule has 0 spiro atoms. The number of aromatic nitrogens is 3. The summed E-state index contributed by atoms with van der Waals surface area (Å²) in [6.07, 6.45) is 3.13. The van der Waals surface area contributed by atoms with E-state index >= 15 is 0 Å². The Morgan fingerprint density at radius 2 is 2.18 bits per heavy atom. The first kappa shape index (κ1) is 10.0. The second-order valence-electron chi connectivity index (χ2n) is 3.77. The van der Waals surface area contributed by atoms with E-state index in [1.807, 2.05) is 24.3 Å². The number of hydrogen-bond donors (Lipinski definition) is 2. The van der Waals surface area contributed by atoms with Gasteiger partial charge in [-0.15, -0.1) is 0 Å². The van der Waals surface area contributed by atoms with Crippen molar-refractivity contribution in [2.75, 3.05) is 0 Å². The summed E-state index contributed by atoms with van der Waals surface area (Å²) in [5.74, 6) is 1.74. The Balaban J connectivity index is 1.65. The van der Waals surface area contributed by atoms with Crippen LogP contribution in [0, 0.1) is 0 Å². The largest absolute Gasteiger partial charge is 0.447 e. The summed E-state index contributed by atoms with van der Waals surface area (Å²) in [5.41, 5.74) is 2.05. The van der Waals surface area contributed by atoms with Crippen LogP contribution in [0.1, 0.15) is 11.6 Å². The van der Waals surface area contributed by atoms with Crippen LogP contribution in [-0.4, -0.2) is 15.0 Å². The number of para-hydroxylation sites is 2. The Morgan fingerprint density at radius 3 is 3.00 bits per heavy atom. The molecule has 3 rings (SSSR count). The van der Waals surface area contributed by atoms with Crippen molar-refractivity contribution < 1.29 is 4.42 Å². The van der Waals surface area contributed by atoms with E-state index in [1.54, 1.807) is 6.20 Å². The summed E-state index contributed by atoms with van der Waals surface area (Å²) < 4.78 is 5.13. The molecule has 3 aromatic rings. The normalized spacial score (nSPS) is 11.1. The lowest BCUT2D eigenvalue weighted by Crippen LogP contribution is -2.13. The van der Waals surface area contributed by atoms with Crippen LogP contribution in [-0.2, 0) is 13.1 Å². The van der Waals surface area contributed by atoms with Crippen LogP contribution in [0.2, 0.25) is 0 Å². The van der Waals surface area contributed by atoms with Crippen LogP contribution in [0.3, 0.4) is 0 Å². The lowest BCUT2D eigenvalue weighted by molar-refractivity contribution is 0.477. The highest BCUT2D eigenvalue weighted by molar-refractivity contribution is 5.74. The molecular formula is C12H12N4O. The molecule has 5 heteroatoms. The van der Waals surface area contributed by atoms with E-state index in [9.17, 15) is 0 Å². The Labute approximate surface area is 97.9 Å². The fourth-order valence-corrected chi connectivity index (χ4v) is 1.72. The third kappa shape index (κ3) is 2.19. The maximum Gasteiger partial charge on any atom is 0.180 e. The van der Waals surface area contributed by atoms with E-state index < -0.39 is 0 Å². The zero-order chi connectivity index (χ0) is 11.5. The first-order valence-corrected chi connectivity index (χ1v) is 5.43. The lowest BCUT2D eigenvalue weighted by atomic mass is 10.3. The van der Waals surface area contributed by atoms with Gasteiger partial charge < -0.3 is 14.7 Å². The van der Waals surface area contributed by atoms with E-state index in [-0.39, 0.29) is 0 Å². The summed E-state index contributed by atoms with van der Waals surface area (Å²) in [6.45, 7) is 1.33. The van der Waals surface area contributed by atoms with Crippen LogP contribution < -0.4 is 5.32 Å². The van der Waals surface area contributed by atoms with Gasteiger partial charge in [-0.1, -0.05) is 12.1 Å². The molecule has 17 heavy (non-hydrogen) atoms. The maximum absolute atomic E-state index is 5.13. The van der Waals surface area contributed by atoms with Crippen LogP contribution in [0.5, 0.6) is 0 Å². The molecule has 2 heterocycles. The number of imidazole rings is 1. The number of nitrogens with one attached hydrogen (secondary N) is 2. The molecule has 0 aliphatic carbocycles. The second-order valence-corrected chi connectivity index (χ2v) is 3.77. The van der Waals surface area contributed by atoms with Crippen molar-refractivity contribution in [3.8, 4) is 0 Å². The molecule has 0 atom stereocenters. The number of aromatic amines is 1. The van der Waals surface area contributed by atoms with E-state index in [4.69, 9.17) is 4.42 Å². The number of oxazole rings is 1. The van der Waals surface area contributed by atoms with Crippen LogP contribution >= 0.6 is 0 Å². The molecule has 5 nitrogen and oxygen atoms in total. The molecule has 0 aliphatic rings. The van der Waals surface area contributed by atoms with Gasteiger partial charge in [0.2, 0.25) is 0 Å². The Morgan fingerprint density at radius 1 is 1.24 bits per heavy atom. The molecule has 0 saturated carbocycles. The molecule has 0 aliphatic heterocycles. The Kier molecular flexibility index (Phi) is 2.59. The molecule has 0 bridgehead atoms. The first-order chi connectivity index (χ1) is 8.42. The number of nitrogens with zero attached hydrogens (tertiary/aromatic N) is 2. The molecule has 2 N–H and O–H groups in total. The first-order valence-electron chi connectivity index (χ1n) is 5.43. The molecule has 0 unspecified atom stereocenters. The fourth-order valence-electron chi connectivity index (χ4n) is 1.72. The van der Waals surface area contributed by atoms with Crippen molar-refractivity contribution in [3.63, 3.8) is 0 Å². The van der Waals surface area contributed by atoms with Gasteiger partial charge in [0.25, 0.3) is 0 Å². The minimum atomic E-state index is 0.650. The van der Waals surface area contributed by atoms with Crippen molar-refractivity contribution in [3.05, 3.63) is 48.4 Å². The predicted octanol–water partition coefficient (Wildman–Crippen LogP) is 1.84. The standard InChI is InChI=1S/C12H12N4O/c1-2-4-11-10(3-1)15-12(16-11)7-13-5-9-6-14-8-17-9/h1-4,6,8,13H,5,7H2,(H,15,16). The van der Waals surface area contributed by atoms with Crippen molar-refractivity contribution in [2.45, 2.75) is 13.1 Å². The molecule has 1 aromatic carbocycles. The van der Waals surface area contributed by atoms with Gasteiger partial charge in [0.1, 0.15) is 11.6 Å². The van der Waals surface area contributed by atoms with Crippen LogP contribution in [0.15, 0.2) is 41.3 Å². The number of hydrogen-bond acceptors (Lipinski definition) is 4. The van der Waals surface area contributed by atoms with Gasteiger partial charge in [0.05, 0.1) is 30.3 Å². The zero-order valence-corrected chi connectivity index (χ0v) is 9.18. The van der Waals surface area contributed by atoms with E-state index in [1.165, 1.54) is 6.39 Å². The minimum absolute atomic E-state index is 0.650. The zero-order valence-electron chi connectivity index (χ0n) is 9.18. The summed E-state index contributed by atoms with van der Waals surface area (Å²) >= 11 is 0. The number of benzene rings is 1. The summed E-state index contributed by atoms with van der Waals surface area (Å²) in [5, 5.41) is 3.24.